The molecule has 9 heteroatoms. The molecule has 0 spiro atoms. The molecule has 6 nitrogen and oxygen atoms in total. The zero-order chi connectivity index (χ0) is 19.7. The third kappa shape index (κ3) is 4.53. The van der Waals surface area contributed by atoms with E-state index in [-0.39, 0.29) is 9.79 Å². The van der Waals surface area contributed by atoms with Gasteiger partial charge in [-0.1, -0.05) is 22.4 Å². The standard InChI is InChI=1S/C18H21BrN2O4S2/c1-14-13-15(5-10-18(14)19)20-26(22,23)16-6-8-17(9-7-16)27(24,25)21-11-3-2-4-12-21/h5-10,13,20H,2-4,11-12H2,1H3. The maximum Gasteiger partial charge on any atom is 0.261 e. The van der Waals surface area contributed by atoms with Gasteiger partial charge >= 0.3 is 0 Å². The molecule has 1 N–H and O–H groups in total. The highest BCUT2D eigenvalue weighted by molar-refractivity contribution is 9.10. The largest absolute Gasteiger partial charge is 0.280 e. The summed E-state index contributed by atoms with van der Waals surface area (Å²) in [5, 5.41) is 0. The summed E-state index contributed by atoms with van der Waals surface area (Å²) in [4.78, 5) is 0.128. The molecule has 2 aromatic carbocycles. The number of piperidine rings is 1. The summed E-state index contributed by atoms with van der Waals surface area (Å²) in [7, 11) is -7.38. The van der Waals surface area contributed by atoms with Crippen LogP contribution in [0.25, 0.3) is 0 Å². The first-order valence-corrected chi connectivity index (χ1v) is 12.3. The second-order valence-electron chi connectivity index (χ2n) is 6.51. The predicted molar refractivity (Wildman–Crippen MR) is 109 cm³/mol. The fraction of sp³-hybridized carbons (Fsp3) is 0.333. The second kappa shape index (κ2) is 7.90. The number of aryl methyl sites for hydroxylation is 1. The Balaban J connectivity index is 1.82. The van der Waals surface area contributed by atoms with Crippen molar-refractivity contribution in [1.29, 1.82) is 0 Å². The van der Waals surface area contributed by atoms with E-state index in [9.17, 15) is 16.8 Å². The third-order valence-electron chi connectivity index (χ3n) is 4.50. The fourth-order valence-electron chi connectivity index (χ4n) is 2.97. The summed E-state index contributed by atoms with van der Waals surface area (Å²) in [6.45, 7) is 2.88. The molecular weight excluding hydrogens is 452 g/mol. The molecule has 1 saturated heterocycles. The first-order chi connectivity index (χ1) is 12.7. The van der Waals surface area contributed by atoms with Crippen molar-refractivity contribution in [1.82, 2.24) is 4.31 Å². The number of anilines is 1. The molecule has 0 bridgehead atoms. The number of hydrogen-bond acceptors (Lipinski definition) is 4. The maximum absolute atomic E-state index is 12.7. The molecule has 2 aromatic rings. The average molecular weight is 473 g/mol. The maximum atomic E-state index is 12.7. The van der Waals surface area contributed by atoms with Crippen LogP contribution < -0.4 is 4.72 Å². The average Bonchev–Trinajstić information content (AvgIpc) is 2.65. The number of benzene rings is 2. The van der Waals surface area contributed by atoms with Gasteiger partial charge in [0.15, 0.2) is 0 Å². The van der Waals surface area contributed by atoms with Gasteiger partial charge in [0.1, 0.15) is 0 Å². The van der Waals surface area contributed by atoms with Gasteiger partial charge in [0, 0.05) is 23.2 Å². The van der Waals surface area contributed by atoms with Crippen LogP contribution in [0, 0.1) is 6.92 Å². The van der Waals surface area contributed by atoms with Crippen molar-refractivity contribution < 1.29 is 16.8 Å². The molecule has 1 aliphatic rings. The van der Waals surface area contributed by atoms with E-state index in [0.717, 1.165) is 29.3 Å². The molecule has 0 aromatic heterocycles. The Labute approximate surface area is 168 Å². The van der Waals surface area contributed by atoms with Gasteiger partial charge < -0.3 is 0 Å². The molecule has 3 rings (SSSR count). The number of sulfonamides is 2. The van der Waals surface area contributed by atoms with E-state index in [2.05, 4.69) is 20.7 Å². The topological polar surface area (TPSA) is 83.5 Å². The van der Waals surface area contributed by atoms with Gasteiger partial charge in [-0.2, -0.15) is 4.31 Å². The number of nitrogens with zero attached hydrogens (tertiary/aromatic N) is 1. The van der Waals surface area contributed by atoms with Crippen molar-refractivity contribution in [3.05, 3.63) is 52.5 Å². The van der Waals surface area contributed by atoms with Crippen LogP contribution in [0.4, 0.5) is 5.69 Å². The van der Waals surface area contributed by atoms with E-state index in [1.54, 1.807) is 18.2 Å². The van der Waals surface area contributed by atoms with E-state index < -0.39 is 20.0 Å². The number of halogens is 1. The van der Waals surface area contributed by atoms with Gasteiger partial charge in [-0.25, -0.2) is 16.8 Å². The highest BCUT2D eigenvalue weighted by atomic mass is 79.9. The first kappa shape index (κ1) is 20.3. The molecule has 0 amide bonds. The molecule has 0 radical (unpaired) electrons. The second-order valence-corrected chi connectivity index (χ2v) is 11.0. The van der Waals surface area contributed by atoms with Crippen molar-refractivity contribution in [2.75, 3.05) is 17.8 Å². The molecule has 1 heterocycles. The van der Waals surface area contributed by atoms with Gasteiger partial charge in [0.25, 0.3) is 10.0 Å². The van der Waals surface area contributed by atoms with Crippen LogP contribution >= 0.6 is 15.9 Å². The van der Waals surface area contributed by atoms with Gasteiger partial charge in [0.05, 0.1) is 9.79 Å². The molecule has 146 valence electrons. The summed E-state index contributed by atoms with van der Waals surface area (Å²) < 4.78 is 55.3. The van der Waals surface area contributed by atoms with Gasteiger partial charge in [0.2, 0.25) is 10.0 Å². The van der Waals surface area contributed by atoms with Crippen LogP contribution in [0.15, 0.2) is 56.7 Å². The smallest absolute Gasteiger partial charge is 0.261 e. The van der Waals surface area contributed by atoms with Crippen LogP contribution in [-0.2, 0) is 20.0 Å². The van der Waals surface area contributed by atoms with Crippen LogP contribution in [0.2, 0.25) is 0 Å². The Morgan fingerprint density at radius 2 is 1.48 bits per heavy atom. The first-order valence-electron chi connectivity index (χ1n) is 8.59. The van der Waals surface area contributed by atoms with E-state index >= 15 is 0 Å². The summed E-state index contributed by atoms with van der Waals surface area (Å²) in [6.07, 6.45) is 2.73. The van der Waals surface area contributed by atoms with Crippen LogP contribution in [0.3, 0.4) is 0 Å². The minimum atomic E-state index is -3.80. The normalized spacial score (nSPS) is 16.2. The van der Waals surface area contributed by atoms with E-state index in [1.807, 2.05) is 6.92 Å². The Bertz CT molecular complexity index is 1030. The van der Waals surface area contributed by atoms with Crippen LogP contribution in [-0.4, -0.2) is 34.2 Å². The van der Waals surface area contributed by atoms with Gasteiger partial charge in [-0.05, 0) is 67.8 Å². The van der Waals surface area contributed by atoms with Crippen molar-refractivity contribution in [3.63, 3.8) is 0 Å². The molecule has 1 fully saturated rings. The highest BCUT2D eigenvalue weighted by Gasteiger charge is 2.26. The lowest BCUT2D eigenvalue weighted by Crippen LogP contribution is -2.35. The summed E-state index contributed by atoms with van der Waals surface area (Å²) >= 11 is 3.38. The zero-order valence-electron chi connectivity index (χ0n) is 14.9. The lowest BCUT2D eigenvalue weighted by Gasteiger charge is -2.25. The molecule has 1 aliphatic heterocycles. The van der Waals surface area contributed by atoms with Gasteiger partial charge in [-0.15, -0.1) is 0 Å². The molecular formula is C18H21BrN2O4S2. The monoisotopic (exact) mass is 472 g/mol. The van der Waals surface area contributed by atoms with Crippen molar-refractivity contribution in [3.8, 4) is 0 Å². The van der Waals surface area contributed by atoms with Crippen LogP contribution in [0.5, 0.6) is 0 Å². The molecule has 0 atom stereocenters. The Kier molecular flexibility index (Phi) is 5.95. The molecule has 0 aliphatic carbocycles. The van der Waals surface area contributed by atoms with Crippen molar-refractivity contribution in [2.24, 2.45) is 0 Å². The van der Waals surface area contributed by atoms with Gasteiger partial charge in [-0.3, -0.25) is 4.72 Å². The molecule has 0 saturated carbocycles. The van der Waals surface area contributed by atoms with Crippen molar-refractivity contribution >= 4 is 41.7 Å². The highest BCUT2D eigenvalue weighted by Crippen LogP contribution is 2.24. The van der Waals surface area contributed by atoms with E-state index in [4.69, 9.17) is 0 Å². The minimum Gasteiger partial charge on any atom is -0.280 e. The number of nitrogens with one attached hydrogen (secondary N) is 1. The lowest BCUT2D eigenvalue weighted by atomic mass is 10.2. The Morgan fingerprint density at radius 1 is 0.889 bits per heavy atom. The summed E-state index contributed by atoms with van der Waals surface area (Å²) in [5.41, 5.74) is 1.35. The van der Waals surface area contributed by atoms with E-state index in [1.165, 1.54) is 28.6 Å². The summed E-state index contributed by atoms with van der Waals surface area (Å²) in [6, 6.07) is 10.5. The zero-order valence-corrected chi connectivity index (χ0v) is 18.1. The minimum absolute atomic E-state index is 0.0145. The predicted octanol–water partition coefficient (Wildman–Crippen LogP) is 3.73. The molecule has 27 heavy (non-hydrogen) atoms. The SMILES string of the molecule is Cc1cc(NS(=O)(=O)c2ccc(S(=O)(=O)N3CCCCC3)cc2)ccc1Br. The Morgan fingerprint density at radius 3 is 2.07 bits per heavy atom. The van der Waals surface area contributed by atoms with Crippen LogP contribution in [0.1, 0.15) is 24.8 Å². The fourth-order valence-corrected chi connectivity index (χ4v) is 5.78. The number of hydrogen-bond donors (Lipinski definition) is 1. The van der Waals surface area contributed by atoms with Crippen molar-refractivity contribution in [2.45, 2.75) is 36.0 Å². The lowest BCUT2D eigenvalue weighted by molar-refractivity contribution is 0.346. The van der Waals surface area contributed by atoms with E-state index in [0.29, 0.717) is 18.8 Å². The Hall–Kier alpha value is -1.42. The number of rotatable bonds is 5. The third-order valence-corrected chi connectivity index (χ3v) is 8.70. The summed E-state index contributed by atoms with van der Waals surface area (Å²) in [5.74, 6) is 0. The molecule has 0 unspecified atom stereocenters. The quantitative estimate of drug-likeness (QED) is 0.718.